The fraction of sp³-hybridized carbons (Fsp3) is 0.846. The lowest BCUT2D eigenvalue weighted by Gasteiger charge is -2.27. The molecular formula is C13H25NO2. The average Bonchev–Trinajstić information content (AvgIpc) is 1.97. The molecule has 0 amide bonds. The van der Waals surface area contributed by atoms with Gasteiger partial charge in [-0.1, -0.05) is 0 Å². The minimum Gasteiger partial charge on any atom is -0.453 e. The highest BCUT2D eigenvalue weighted by Gasteiger charge is 2.29. The van der Waals surface area contributed by atoms with Crippen molar-refractivity contribution in [1.29, 1.82) is 0 Å². The largest absolute Gasteiger partial charge is 0.453 e. The van der Waals surface area contributed by atoms with Crippen LogP contribution in [0.25, 0.3) is 0 Å². The summed E-state index contributed by atoms with van der Waals surface area (Å²) in [6.07, 6.45) is 1.70. The van der Waals surface area contributed by atoms with Gasteiger partial charge in [-0.2, -0.15) is 0 Å². The van der Waals surface area contributed by atoms with E-state index in [9.17, 15) is 4.79 Å². The van der Waals surface area contributed by atoms with E-state index in [1.54, 1.807) is 6.21 Å². The van der Waals surface area contributed by atoms with Crippen LogP contribution in [0.5, 0.6) is 0 Å². The van der Waals surface area contributed by atoms with Crippen LogP contribution in [-0.4, -0.2) is 23.3 Å². The zero-order valence-corrected chi connectivity index (χ0v) is 11.8. The van der Waals surface area contributed by atoms with Crippen LogP contribution < -0.4 is 0 Å². The lowest BCUT2D eigenvalue weighted by atomic mass is 9.97. The molecule has 0 aromatic carbocycles. The molecule has 0 spiro atoms. The molecule has 0 saturated carbocycles. The van der Waals surface area contributed by atoms with Crippen molar-refractivity contribution in [3.8, 4) is 0 Å². The number of hydrogen-bond donors (Lipinski definition) is 0. The normalized spacial score (nSPS) is 14.2. The molecule has 0 unspecified atom stereocenters. The predicted molar refractivity (Wildman–Crippen MR) is 67.9 cm³/mol. The molecule has 0 aromatic heterocycles. The fourth-order valence-corrected chi connectivity index (χ4v) is 0.767. The van der Waals surface area contributed by atoms with E-state index in [-0.39, 0.29) is 11.5 Å². The van der Waals surface area contributed by atoms with E-state index in [1.807, 2.05) is 55.4 Å². The lowest BCUT2D eigenvalue weighted by Crippen LogP contribution is -2.36. The molecule has 0 heterocycles. The number of nitrogens with zero attached hydrogens (tertiary/aromatic N) is 1. The van der Waals surface area contributed by atoms with Gasteiger partial charge < -0.3 is 4.74 Å². The lowest BCUT2D eigenvalue weighted by molar-refractivity contribution is -0.160. The van der Waals surface area contributed by atoms with Crippen LogP contribution in [0.3, 0.4) is 0 Å². The highest BCUT2D eigenvalue weighted by Crippen LogP contribution is 2.20. The minimum atomic E-state index is -0.655. The van der Waals surface area contributed by atoms with Gasteiger partial charge in [0.15, 0.2) is 0 Å². The number of aliphatic imine (C=N–C) groups is 1. The van der Waals surface area contributed by atoms with Crippen molar-refractivity contribution < 1.29 is 9.53 Å². The van der Waals surface area contributed by atoms with Gasteiger partial charge in [0, 0.05) is 6.21 Å². The Morgan fingerprint density at radius 3 is 1.75 bits per heavy atom. The maximum absolute atomic E-state index is 11.7. The Morgan fingerprint density at radius 2 is 1.44 bits per heavy atom. The van der Waals surface area contributed by atoms with Gasteiger partial charge in [0.1, 0.15) is 5.60 Å². The first-order valence-corrected chi connectivity index (χ1v) is 5.63. The second-order valence-corrected chi connectivity index (χ2v) is 6.67. The Labute approximate surface area is 99.3 Å². The van der Waals surface area contributed by atoms with E-state index in [0.717, 1.165) is 0 Å². The molecule has 0 aliphatic rings. The van der Waals surface area contributed by atoms with E-state index < -0.39 is 11.0 Å². The number of hydrogen-bond acceptors (Lipinski definition) is 3. The maximum atomic E-state index is 11.7. The van der Waals surface area contributed by atoms with Crippen LogP contribution in [-0.2, 0) is 9.53 Å². The van der Waals surface area contributed by atoms with E-state index >= 15 is 0 Å². The van der Waals surface area contributed by atoms with Gasteiger partial charge in [0.25, 0.3) is 0 Å². The third kappa shape index (κ3) is 6.59. The minimum absolute atomic E-state index is 0.147. The quantitative estimate of drug-likeness (QED) is 0.536. The Kier molecular flexibility index (Phi) is 4.31. The fourth-order valence-electron chi connectivity index (χ4n) is 0.767. The Balaban J connectivity index is 4.60. The summed E-state index contributed by atoms with van der Waals surface area (Å²) in [5.41, 5.74) is -1.28. The number of carbonyl (C=O) groups excluding carboxylic acids is 1. The Hall–Kier alpha value is -0.860. The molecule has 0 aliphatic heterocycles. The standard InChI is InChI=1S/C13H25NO2/c1-11(2,3)10(15)16-13(7,8)9-14-12(4,5)6/h9H,1-8H3. The summed E-state index contributed by atoms with van der Waals surface area (Å²) in [5, 5.41) is 0. The summed E-state index contributed by atoms with van der Waals surface area (Å²) >= 11 is 0. The molecule has 16 heavy (non-hydrogen) atoms. The van der Waals surface area contributed by atoms with Crippen molar-refractivity contribution in [2.24, 2.45) is 10.4 Å². The van der Waals surface area contributed by atoms with Gasteiger partial charge in [-0.3, -0.25) is 9.79 Å². The van der Waals surface area contributed by atoms with Crippen LogP contribution in [0.2, 0.25) is 0 Å². The molecule has 0 atom stereocenters. The molecule has 0 radical (unpaired) electrons. The number of rotatable bonds is 2. The van der Waals surface area contributed by atoms with E-state index in [0.29, 0.717) is 0 Å². The van der Waals surface area contributed by atoms with Gasteiger partial charge in [0.05, 0.1) is 11.0 Å². The zero-order chi connectivity index (χ0) is 13.2. The molecule has 0 fully saturated rings. The first kappa shape index (κ1) is 15.1. The monoisotopic (exact) mass is 227 g/mol. The van der Waals surface area contributed by atoms with Crippen molar-refractivity contribution in [2.45, 2.75) is 66.5 Å². The van der Waals surface area contributed by atoms with Crippen molar-refractivity contribution in [3.63, 3.8) is 0 Å². The number of carbonyl (C=O) groups is 1. The van der Waals surface area contributed by atoms with Gasteiger partial charge in [0.2, 0.25) is 0 Å². The van der Waals surface area contributed by atoms with Crippen LogP contribution >= 0.6 is 0 Å². The van der Waals surface area contributed by atoms with Crippen molar-refractivity contribution in [1.82, 2.24) is 0 Å². The van der Waals surface area contributed by atoms with Crippen LogP contribution in [0.1, 0.15) is 55.4 Å². The van der Waals surface area contributed by atoms with E-state index in [2.05, 4.69) is 4.99 Å². The van der Waals surface area contributed by atoms with Gasteiger partial charge in [-0.15, -0.1) is 0 Å². The molecular weight excluding hydrogens is 202 g/mol. The van der Waals surface area contributed by atoms with Gasteiger partial charge >= 0.3 is 5.97 Å². The van der Waals surface area contributed by atoms with Crippen molar-refractivity contribution in [2.75, 3.05) is 0 Å². The second kappa shape index (κ2) is 4.56. The summed E-state index contributed by atoms with van der Waals surface area (Å²) < 4.78 is 5.41. The number of esters is 1. The zero-order valence-electron chi connectivity index (χ0n) is 11.8. The van der Waals surface area contributed by atoms with Crippen molar-refractivity contribution >= 4 is 12.2 Å². The average molecular weight is 227 g/mol. The van der Waals surface area contributed by atoms with E-state index in [4.69, 9.17) is 4.74 Å². The smallest absolute Gasteiger partial charge is 0.312 e. The van der Waals surface area contributed by atoms with Crippen LogP contribution in [0.4, 0.5) is 0 Å². The first-order valence-electron chi connectivity index (χ1n) is 5.63. The van der Waals surface area contributed by atoms with Gasteiger partial charge in [-0.25, -0.2) is 0 Å². The third-order valence-electron chi connectivity index (χ3n) is 1.73. The summed E-state index contributed by atoms with van der Waals surface area (Å²) in [5.74, 6) is -0.210. The molecule has 0 saturated heterocycles. The molecule has 0 aliphatic carbocycles. The maximum Gasteiger partial charge on any atom is 0.312 e. The SMILES string of the molecule is CC(C)(C)N=CC(C)(C)OC(=O)C(C)(C)C. The molecule has 0 aromatic rings. The topological polar surface area (TPSA) is 38.7 Å². The molecule has 0 rings (SSSR count). The molecule has 3 nitrogen and oxygen atoms in total. The second-order valence-electron chi connectivity index (χ2n) is 6.67. The Morgan fingerprint density at radius 1 is 1.00 bits per heavy atom. The highest BCUT2D eigenvalue weighted by molar-refractivity contribution is 5.79. The Bertz CT molecular complexity index is 277. The molecule has 3 heteroatoms. The van der Waals surface area contributed by atoms with Crippen LogP contribution in [0.15, 0.2) is 4.99 Å². The predicted octanol–water partition coefficient (Wildman–Crippen LogP) is 3.22. The first-order chi connectivity index (χ1) is 6.83. The van der Waals surface area contributed by atoms with Gasteiger partial charge in [-0.05, 0) is 55.4 Å². The summed E-state index contributed by atoms with van der Waals surface area (Å²) in [4.78, 5) is 16.1. The molecule has 0 N–H and O–H groups in total. The van der Waals surface area contributed by atoms with E-state index in [1.165, 1.54) is 0 Å². The van der Waals surface area contributed by atoms with Crippen molar-refractivity contribution in [3.05, 3.63) is 0 Å². The number of ether oxygens (including phenoxy) is 1. The molecule has 94 valence electrons. The summed E-state index contributed by atoms with van der Waals surface area (Å²) in [6, 6.07) is 0. The third-order valence-corrected chi connectivity index (χ3v) is 1.73. The molecule has 0 bridgehead atoms. The summed E-state index contributed by atoms with van der Waals surface area (Å²) in [7, 11) is 0. The highest BCUT2D eigenvalue weighted by atomic mass is 16.6. The summed E-state index contributed by atoms with van der Waals surface area (Å²) in [6.45, 7) is 15.2. The van der Waals surface area contributed by atoms with Crippen LogP contribution in [0, 0.1) is 5.41 Å².